The van der Waals surface area contributed by atoms with Gasteiger partial charge in [0, 0.05) is 17.4 Å². The molecule has 0 saturated heterocycles. The average molecular weight is 262 g/mol. The van der Waals surface area contributed by atoms with Gasteiger partial charge in [-0.2, -0.15) is 0 Å². The standard InChI is InChI=1S/C10H10BrF2N/c11-8-2-6(5-14)1-7(3-8)9-4-10(9,12)13/h1-3,9H,4-5,14H2. The summed E-state index contributed by atoms with van der Waals surface area (Å²) < 4.78 is 26.4. The Hall–Kier alpha value is -0.480. The highest BCUT2D eigenvalue weighted by Crippen LogP contribution is 2.56. The zero-order chi connectivity index (χ0) is 10.3. The Labute approximate surface area is 89.4 Å². The van der Waals surface area contributed by atoms with Crippen molar-refractivity contribution in [1.29, 1.82) is 0 Å². The molecule has 0 radical (unpaired) electrons. The number of hydrogen-bond donors (Lipinski definition) is 1. The van der Waals surface area contributed by atoms with E-state index in [2.05, 4.69) is 15.9 Å². The topological polar surface area (TPSA) is 26.0 Å². The molecule has 14 heavy (non-hydrogen) atoms. The lowest BCUT2D eigenvalue weighted by Crippen LogP contribution is -1.99. The Morgan fingerprint density at radius 2 is 2.07 bits per heavy atom. The smallest absolute Gasteiger partial charge is 0.255 e. The quantitative estimate of drug-likeness (QED) is 0.871. The van der Waals surface area contributed by atoms with Gasteiger partial charge in [-0.25, -0.2) is 8.78 Å². The minimum Gasteiger partial charge on any atom is -0.326 e. The van der Waals surface area contributed by atoms with Crippen molar-refractivity contribution in [1.82, 2.24) is 0 Å². The summed E-state index contributed by atoms with van der Waals surface area (Å²) in [5.41, 5.74) is 7.04. The number of rotatable bonds is 2. The highest BCUT2D eigenvalue weighted by Gasteiger charge is 2.57. The van der Waals surface area contributed by atoms with Gasteiger partial charge in [0.25, 0.3) is 5.92 Å². The number of alkyl halides is 2. The Bertz CT molecular complexity index is 365. The molecular formula is C10H10BrF2N. The van der Waals surface area contributed by atoms with Gasteiger partial charge in [0.15, 0.2) is 0 Å². The van der Waals surface area contributed by atoms with Crippen molar-refractivity contribution in [2.75, 3.05) is 0 Å². The van der Waals surface area contributed by atoms with Crippen LogP contribution in [0.3, 0.4) is 0 Å². The van der Waals surface area contributed by atoms with E-state index in [1.165, 1.54) is 0 Å². The third-order valence-electron chi connectivity index (χ3n) is 2.44. The Morgan fingerprint density at radius 1 is 1.43 bits per heavy atom. The van der Waals surface area contributed by atoms with Crippen molar-refractivity contribution >= 4 is 15.9 Å². The van der Waals surface area contributed by atoms with Gasteiger partial charge >= 0.3 is 0 Å². The lowest BCUT2D eigenvalue weighted by Gasteiger charge is -2.04. The lowest BCUT2D eigenvalue weighted by molar-refractivity contribution is 0.112. The molecule has 0 amide bonds. The van der Waals surface area contributed by atoms with E-state index >= 15 is 0 Å². The summed E-state index contributed by atoms with van der Waals surface area (Å²) in [6.45, 7) is 0.380. The normalized spacial score (nSPS) is 23.6. The molecule has 4 heteroatoms. The number of benzene rings is 1. The summed E-state index contributed by atoms with van der Waals surface area (Å²) in [5, 5.41) is 0. The Balaban J connectivity index is 2.31. The molecule has 0 aromatic heterocycles. The van der Waals surface area contributed by atoms with Crippen molar-refractivity contribution in [3.8, 4) is 0 Å². The predicted molar refractivity (Wildman–Crippen MR) is 54.3 cm³/mol. The fourth-order valence-electron chi connectivity index (χ4n) is 1.57. The summed E-state index contributed by atoms with van der Waals surface area (Å²) in [6, 6.07) is 5.35. The van der Waals surface area contributed by atoms with Crippen LogP contribution in [0.5, 0.6) is 0 Å². The van der Waals surface area contributed by atoms with Gasteiger partial charge < -0.3 is 5.73 Å². The van der Waals surface area contributed by atoms with E-state index < -0.39 is 11.8 Å². The number of halogens is 3. The molecular weight excluding hydrogens is 252 g/mol. The fourth-order valence-corrected chi connectivity index (χ4v) is 2.13. The average Bonchev–Trinajstić information content (AvgIpc) is 2.74. The summed E-state index contributed by atoms with van der Waals surface area (Å²) in [4.78, 5) is 0. The second-order valence-corrected chi connectivity index (χ2v) is 4.53. The molecule has 1 aromatic carbocycles. The molecule has 1 nitrogen and oxygen atoms in total. The molecule has 0 heterocycles. The molecule has 0 bridgehead atoms. The molecule has 2 rings (SSSR count). The van der Waals surface area contributed by atoms with Crippen molar-refractivity contribution in [2.45, 2.75) is 24.8 Å². The molecule has 1 atom stereocenters. The highest BCUT2D eigenvalue weighted by atomic mass is 79.9. The number of nitrogens with two attached hydrogens (primary N) is 1. The summed E-state index contributed by atoms with van der Waals surface area (Å²) >= 11 is 3.29. The van der Waals surface area contributed by atoms with Crippen LogP contribution in [0.25, 0.3) is 0 Å². The van der Waals surface area contributed by atoms with Crippen LogP contribution >= 0.6 is 15.9 Å². The zero-order valence-electron chi connectivity index (χ0n) is 7.43. The second kappa shape index (κ2) is 3.28. The number of hydrogen-bond acceptors (Lipinski definition) is 1. The van der Waals surface area contributed by atoms with Crippen molar-refractivity contribution < 1.29 is 8.78 Å². The van der Waals surface area contributed by atoms with Gasteiger partial charge in [0.1, 0.15) is 0 Å². The third-order valence-corrected chi connectivity index (χ3v) is 2.90. The summed E-state index contributed by atoms with van der Waals surface area (Å²) in [5.74, 6) is -3.11. The molecule has 76 valence electrons. The minimum absolute atomic E-state index is 0.0343. The summed E-state index contributed by atoms with van der Waals surface area (Å²) in [7, 11) is 0. The van der Waals surface area contributed by atoms with Crippen LogP contribution in [0.1, 0.15) is 23.5 Å². The minimum atomic E-state index is -2.51. The van der Waals surface area contributed by atoms with Crippen LogP contribution in [0.15, 0.2) is 22.7 Å². The molecule has 2 N–H and O–H groups in total. The van der Waals surface area contributed by atoms with Gasteiger partial charge in [-0.1, -0.05) is 22.0 Å². The third kappa shape index (κ3) is 1.81. The van der Waals surface area contributed by atoms with E-state index in [-0.39, 0.29) is 6.42 Å². The molecule has 1 aliphatic carbocycles. The molecule has 1 fully saturated rings. The van der Waals surface area contributed by atoms with Crippen LogP contribution in [0.4, 0.5) is 8.78 Å². The van der Waals surface area contributed by atoms with Crippen molar-refractivity contribution in [3.63, 3.8) is 0 Å². The first-order valence-corrected chi connectivity index (χ1v) is 5.19. The van der Waals surface area contributed by atoms with E-state index in [1.807, 2.05) is 6.07 Å². The molecule has 0 aliphatic heterocycles. The first-order valence-electron chi connectivity index (χ1n) is 4.40. The van der Waals surface area contributed by atoms with Gasteiger partial charge in [-0.05, 0) is 23.3 Å². The summed E-state index contributed by atoms with van der Waals surface area (Å²) in [6.07, 6.45) is -0.0343. The predicted octanol–water partition coefficient (Wildman–Crippen LogP) is 3.03. The molecule has 1 saturated carbocycles. The van der Waals surface area contributed by atoms with E-state index in [4.69, 9.17) is 5.73 Å². The van der Waals surface area contributed by atoms with Crippen LogP contribution in [0.2, 0.25) is 0 Å². The molecule has 1 unspecified atom stereocenters. The molecule has 1 aliphatic rings. The van der Waals surface area contributed by atoms with Gasteiger partial charge in [-0.3, -0.25) is 0 Å². The maximum absolute atomic E-state index is 12.8. The van der Waals surface area contributed by atoms with Crippen molar-refractivity contribution in [2.24, 2.45) is 5.73 Å². The fraction of sp³-hybridized carbons (Fsp3) is 0.400. The first-order chi connectivity index (χ1) is 6.53. The van der Waals surface area contributed by atoms with E-state index in [1.54, 1.807) is 12.1 Å². The Kier molecular flexibility index (Phi) is 2.35. The molecule has 0 spiro atoms. The first kappa shape index (κ1) is 10.1. The van der Waals surface area contributed by atoms with E-state index in [9.17, 15) is 8.78 Å². The lowest BCUT2D eigenvalue weighted by atomic mass is 10.1. The second-order valence-electron chi connectivity index (χ2n) is 3.61. The van der Waals surface area contributed by atoms with E-state index in [0.29, 0.717) is 12.1 Å². The van der Waals surface area contributed by atoms with Crippen LogP contribution in [-0.4, -0.2) is 5.92 Å². The van der Waals surface area contributed by atoms with Gasteiger partial charge in [-0.15, -0.1) is 0 Å². The largest absolute Gasteiger partial charge is 0.326 e. The van der Waals surface area contributed by atoms with Crippen LogP contribution in [0, 0.1) is 0 Å². The zero-order valence-corrected chi connectivity index (χ0v) is 9.02. The van der Waals surface area contributed by atoms with E-state index in [0.717, 1.165) is 10.0 Å². The van der Waals surface area contributed by atoms with Gasteiger partial charge in [0.05, 0.1) is 5.92 Å². The maximum atomic E-state index is 12.8. The van der Waals surface area contributed by atoms with Crippen LogP contribution < -0.4 is 5.73 Å². The SMILES string of the molecule is NCc1cc(Br)cc(C2CC2(F)F)c1. The maximum Gasteiger partial charge on any atom is 0.255 e. The monoisotopic (exact) mass is 261 g/mol. The van der Waals surface area contributed by atoms with Gasteiger partial charge in [0.2, 0.25) is 0 Å². The van der Waals surface area contributed by atoms with Crippen LogP contribution in [-0.2, 0) is 6.54 Å². The van der Waals surface area contributed by atoms with Crippen molar-refractivity contribution in [3.05, 3.63) is 33.8 Å². The highest BCUT2D eigenvalue weighted by molar-refractivity contribution is 9.10. The Morgan fingerprint density at radius 3 is 2.57 bits per heavy atom. The molecule has 1 aromatic rings.